The summed E-state index contributed by atoms with van der Waals surface area (Å²) >= 11 is 7.41. The molecule has 6 nitrogen and oxygen atoms in total. The van der Waals surface area contributed by atoms with Crippen LogP contribution in [0.4, 0.5) is 0 Å². The van der Waals surface area contributed by atoms with Crippen molar-refractivity contribution in [2.75, 3.05) is 45.2 Å². The summed E-state index contributed by atoms with van der Waals surface area (Å²) in [5.74, 6) is 0.395. The predicted octanol–water partition coefficient (Wildman–Crippen LogP) is 6.04. The highest BCUT2D eigenvalue weighted by molar-refractivity contribution is 8.67. The second-order valence-corrected chi connectivity index (χ2v) is 16.6. The van der Waals surface area contributed by atoms with Crippen molar-refractivity contribution in [3.63, 3.8) is 0 Å². The number of ether oxygens (including phenoxy) is 2. The molecule has 1 aliphatic heterocycles. The number of morpholine rings is 1. The van der Waals surface area contributed by atoms with Gasteiger partial charge < -0.3 is 18.5 Å². The monoisotopic (exact) mass is 511 g/mol. The molecule has 0 bridgehead atoms. The molecule has 1 heterocycles. The molecule has 0 spiro atoms. The van der Waals surface area contributed by atoms with E-state index in [0.29, 0.717) is 12.4 Å². The van der Waals surface area contributed by atoms with Crippen molar-refractivity contribution in [1.82, 2.24) is 4.90 Å². The Morgan fingerprint density at radius 2 is 1.62 bits per heavy atom. The molecule has 1 rings (SSSR count). The van der Waals surface area contributed by atoms with Gasteiger partial charge in [-0.2, -0.15) is 0 Å². The van der Waals surface area contributed by atoms with E-state index < -0.39 is 11.1 Å². The standard InChI is InChI=1S/C23H46NO5PS2/c1-9-11-23(7,8)29-30(31,28-22(5,6)10-2)32-19-18-27-20(25)21(3,4)12-13-24-14-16-26-17-15-24/h9-19H2,1-8H3. The minimum Gasteiger partial charge on any atom is -0.464 e. The Labute approximate surface area is 205 Å². The molecule has 1 atom stereocenters. The number of carbonyl (C=O) groups is 1. The molecule has 0 amide bonds. The number of esters is 1. The van der Waals surface area contributed by atoms with Gasteiger partial charge in [-0.1, -0.05) is 31.7 Å². The van der Waals surface area contributed by atoms with Gasteiger partial charge in [0.25, 0.3) is 0 Å². The summed E-state index contributed by atoms with van der Waals surface area (Å²) in [5, 5.41) is 0. The second kappa shape index (κ2) is 13.4. The van der Waals surface area contributed by atoms with Crippen LogP contribution in [0, 0.1) is 5.41 Å². The summed E-state index contributed by atoms with van der Waals surface area (Å²) in [4.78, 5) is 15.0. The van der Waals surface area contributed by atoms with Crippen LogP contribution in [-0.4, -0.2) is 67.3 Å². The van der Waals surface area contributed by atoms with Crippen molar-refractivity contribution < 1.29 is 23.3 Å². The maximum absolute atomic E-state index is 12.7. The van der Waals surface area contributed by atoms with Crippen molar-refractivity contribution in [3.05, 3.63) is 0 Å². The summed E-state index contributed by atoms with van der Waals surface area (Å²) in [7, 11) is 0. The average Bonchev–Trinajstić information content (AvgIpc) is 2.69. The lowest BCUT2D eigenvalue weighted by atomic mass is 9.89. The third-order valence-electron chi connectivity index (χ3n) is 5.70. The molecule has 9 heteroatoms. The van der Waals surface area contributed by atoms with E-state index in [9.17, 15) is 4.79 Å². The Morgan fingerprint density at radius 1 is 1.03 bits per heavy atom. The van der Waals surface area contributed by atoms with Crippen LogP contribution in [0.15, 0.2) is 0 Å². The SMILES string of the molecule is CCCC(C)(C)OP(=S)(OC(C)(C)CC)SCCOC(=O)C(C)(C)CCN1CCOCC1. The average molecular weight is 512 g/mol. The third-order valence-corrected chi connectivity index (χ3v) is 11.1. The number of hydrogen-bond acceptors (Lipinski definition) is 8. The first-order valence-corrected chi connectivity index (χ1v) is 16.1. The lowest BCUT2D eigenvalue weighted by Gasteiger charge is -2.37. The zero-order valence-corrected chi connectivity index (χ0v) is 24.1. The molecule has 0 aromatic carbocycles. The lowest BCUT2D eigenvalue weighted by Crippen LogP contribution is -2.39. The summed E-state index contributed by atoms with van der Waals surface area (Å²) < 4.78 is 23.8. The van der Waals surface area contributed by atoms with Gasteiger partial charge in [-0.15, -0.1) is 0 Å². The van der Waals surface area contributed by atoms with Crippen LogP contribution < -0.4 is 0 Å². The van der Waals surface area contributed by atoms with E-state index in [1.54, 1.807) is 0 Å². The Hall–Kier alpha value is 0.310. The fourth-order valence-electron chi connectivity index (χ4n) is 3.23. The van der Waals surface area contributed by atoms with Gasteiger partial charge in [-0.05, 0) is 79.2 Å². The largest absolute Gasteiger partial charge is 0.464 e. The van der Waals surface area contributed by atoms with Crippen LogP contribution in [0.3, 0.4) is 0 Å². The van der Waals surface area contributed by atoms with Crippen LogP contribution in [0.1, 0.15) is 81.1 Å². The zero-order valence-electron chi connectivity index (χ0n) is 21.5. The highest BCUT2D eigenvalue weighted by atomic mass is 32.9. The summed E-state index contributed by atoms with van der Waals surface area (Å²) in [6, 6.07) is 0. The highest BCUT2D eigenvalue weighted by Crippen LogP contribution is 2.65. The molecule has 1 fully saturated rings. The first-order valence-electron chi connectivity index (χ1n) is 11.9. The Kier molecular flexibility index (Phi) is 12.7. The van der Waals surface area contributed by atoms with Crippen molar-refractivity contribution in [2.24, 2.45) is 5.41 Å². The highest BCUT2D eigenvalue weighted by Gasteiger charge is 2.35. The molecular weight excluding hydrogens is 465 g/mol. The maximum Gasteiger partial charge on any atom is 0.311 e. The Balaban J connectivity index is 2.58. The topological polar surface area (TPSA) is 57.2 Å². The van der Waals surface area contributed by atoms with Crippen LogP contribution in [-0.2, 0) is 35.1 Å². The predicted molar refractivity (Wildman–Crippen MR) is 139 cm³/mol. The van der Waals surface area contributed by atoms with Gasteiger partial charge in [0.2, 0.25) is 5.69 Å². The zero-order chi connectivity index (χ0) is 24.5. The number of rotatable bonds is 15. The van der Waals surface area contributed by atoms with Gasteiger partial charge in [0.05, 0.1) is 29.8 Å². The van der Waals surface area contributed by atoms with Crippen molar-refractivity contribution >= 4 is 34.9 Å². The third kappa shape index (κ3) is 11.6. The quantitative estimate of drug-likeness (QED) is 0.150. The van der Waals surface area contributed by atoms with Crippen LogP contribution in [0.25, 0.3) is 0 Å². The minimum absolute atomic E-state index is 0.165. The van der Waals surface area contributed by atoms with Crippen LogP contribution in [0.5, 0.6) is 0 Å². The van der Waals surface area contributed by atoms with Crippen LogP contribution >= 0.6 is 17.1 Å². The van der Waals surface area contributed by atoms with Gasteiger partial charge in [0.1, 0.15) is 6.61 Å². The molecule has 0 saturated carbocycles. The summed E-state index contributed by atoms with van der Waals surface area (Å²) in [6.45, 7) is 20.9. The number of carbonyl (C=O) groups excluding carboxylic acids is 1. The van der Waals surface area contributed by atoms with E-state index in [1.807, 2.05) is 27.7 Å². The molecule has 1 saturated heterocycles. The smallest absolute Gasteiger partial charge is 0.311 e. The van der Waals surface area contributed by atoms with Crippen LogP contribution in [0.2, 0.25) is 0 Å². The van der Waals surface area contributed by atoms with Gasteiger partial charge in [-0.25, -0.2) is 0 Å². The number of hydrogen-bond donors (Lipinski definition) is 0. The van der Waals surface area contributed by atoms with Gasteiger partial charge in [-0.3, -0.25) is 9.69 Å². The lowest BCUT2D eigenvalue weighted by molar-refractivity contribution is -0.153. The van der Waals surface area contributed by atoms with Gasteiger partial charge in [0.15, 0.2) is 0 Å². The molecule has 1 unspecified atom stereocenters. The molecule has 0 N–H and O–H groups in total. The normalized spacial score (nSPS) is 18.4. The minimum atomic E-state index is -2.60. The fraction of sp³-hybridized carbons (Fsp3) is 0.957. The van der Waals surface area contributed by atoms with E-state index in [4.69, 9.17) is 30.3 Å². The molecule has 190 valence electrons. The first-order chi connectivity index (χ1) is 14.7. The van der Waals surface area contributed by atoms with Gasteiger partial charge in [0, 0.05) is 18.8 Å². The van der Waals surface area contributed by atoms with Crippen molar-refractivity contribution in [1.29, 1.82) is 0 Å². The Morgan fingerprint density at radius 3 is 2.19 bits per heavy atom. The molecule has 32 heavy (non-hydrogen) atoms. The molecule has 0 aromatic rings. The van der Waals surface area contributed by atoms with E-state index >= 15 is 0 Å². The fourth-order valence-corrected chi connectivity index (χ4v) is 9.49. The Bertz CT molecular complexity index is 622. The first kappa shape index (κ1) is 30.3. The maximum atomic E-state index is 12.7. The van der Waals surface area contributed by atoms with E-state index in [2.05, 4.69) is 32.6 Å². The molecule has 1 aliphatic rings. The van der Waals surface area contributed by atoms with Crippen molar-refractivity contribution in [3.8, 4) is 0 Å². The molecule has 0 aromatic heterocycles. The van der Waals surface area contributed by atoms with Gasteiger partial charge >= 0.3 is 5.97 Å². The van der Waals surface area contributed by atoms with E-state index in [0.717, 1.165) is 58.5 Å². The number of nitrogens with zero attached hydrogens (tertiary/aromatic N) is 1. The molecule has 0 radical (unpaired) electrons. The van der Waals surface area contributed by atoms with E-state index in [1.165, 1.54) is 11.4 Å². The molecular formula is C23H46NO5PS2. The van der Waals surface area contributed by atoms with E-state index in [-0.39, 0.29) is 17.2 Å². The summed E-state index contributed by atoms with van der Waals surface area (Å²) in [6.07, 6.45) is 3.53. The second-order valence-electron chi connectivity index (χ2n) is 10.3. The summed E-state index contributed by atoms with van der Waals surface area (Å²) in [5.41, 5.74) is -3.83. The van der Waals surface area contributed by atoms with Crippen molar-refractivity contribution in [2.45, 2.75) is 92.3 Å². The molecule has 0 aliphatic carbocycles.